The number of nitrogens with one attached hydrogen (secondary N) is 1. The fraction of sp³-hybridized carbons (Fsp3) is 0.385. The Hall–Kier alpha value is -0.980. The van der Waals surface area contributed by atoms with Gasteiger partial charge < -0.3 is 5.73 Å². The van der Waals surface area contributed by atoms with Crippen molar-refractivity contribution in [2.75, 3.05) is 23.8 Å². The summed E-state index contributed by atoms with van der Waals surface area (Å²) in [5.41, 5.74) is 7.56. The van der Waals surface area contributed by atoms with Crippen LogP contribution >= 0.6 is 11.8 Å². The molecule has 1 aromatic rings. The summed E-state index contributed by atoms with van der Waals surface area (Å²) >= 11 is 1.45. The summed E-state index contributed by atoms with van der Waals surface area (Å²) in [4.78, 5) is 0.919. The first-order valence-electron chi connectivity index (χ1n) is 5.99. The molecule has 0 radical (unpaired) electrons. The highest BCUT2D eigenvalue weighted by atomic mass is 32.2. The Morgan fingerprint density at radius 2 is 2.05 bits per heavy atom. The highest BCUT2D eigenvalue weighted by Crippen LogP contribution is 2.24. The van der Waals surface area contributed by atoms with Crippen LogP contribution in [0, 0.1) is 0 Å². The van der Waals surface area contributed by atoms with Crippen LogP contribution in [-0.2, 0) is 10.0 Å². The van der Waals surface area contributed by atoms with E-state index >= 15 is 0 Å². The lowest BCUT2D eigenvalue weighted by Gasteiger charge is -2.06. The summed E-state index contributed by atoms with van der Waals surface area (Å²) in [6, 6.07) is 7.45. The number of para-hydroxylation sites is 1. The number of sulfonamides is 1. The first-order chi connectivity index (χ1) is 8.91. The van der Waals surface area contributed by atoms with Gasteiger partial charge in [0, 0.05) is 22.9 Å². The minimum atomic E-state index is -3.22. The Balaban J connectivity index is 2.40. The molecular formula is C13H20N2O2S2. The van der Waals surface area contributed by atoms with E-state index in [4.69, 9.17) is 5.73 Å². The van der Waals surface area contributed by atoms with E-state index in [1.807, 2.05) is 44.2 Å². The van der Waals surface area contributed by atoms with Gasteiger partial charge in [-0.05, 0) is 26.0 Å². The molecule has 0 bridgehead atoms. The maximum absolute atomic E-state index is 11.7. The average Bonchev–Trinajstić information content (AvgIpc) is 2.30. The molecule has 0 aliphatic heterocycles. The van der Waals surface area contributed by atoms with Crippen molar-refractivity contribution in [2.24, 2.45) is 0 Å². The van der Waals surface area contributed by atoms with E-state index < -0.39 is 10.0 Å². The highest BCUT2D eigenvalue weighted by Gasteiger charge is 2.09. The van der Waals surface area contributed by atoms with Crippen LogP contribution in [0.2, 0.25) is 0 Å². The molecule has 0 aromatic heterocycles. The number of rotatable bonds is 7. The van der Waals surface area contributed by atoms with Gasteiger partial charge in [0.2, 0.25) is 10.0 Å². The topological polar surface area (TPSA) is 72.2 Å². The fourth-order valence-corrected chi connectivity index (χ4v) is 3.64. The largest absolute Gasteiger partial charge is 0.398 e. The maximum Gasteiger partial charge on any atom is 0.212 e. The molecule has 0 saturated carbocycles. The van der Waals surface area contributed by atoms with E-state index in [0.717, 1.165) is 10.5 Å². The normalized spacial score (nSPS) is 11.3. The van der Waals surface area contributed by atoms with Gasteiger partial charge in [-0.1, -0.05) is 23.8 Å². The molecule has 1 aromatic carbocycles. The molecule has 6 heteroatoms. The minimum absolute atomic E-state index is 0.0859. The number of nitrogen functional groups attached to an aromatic ring is 1. The van der Waals surface area contributed by atoms with E-state index in [0.29, 0.717) is 18.0 Å². The van der Waals surface area contributed by atoms with E-state index in [9.17, 15) is 8.42 Å². The van der Waals surface area contributed by atoms with Gasteiger partial charge in [-0.2, -0.15) is 0 Å². The first kappa shape index (κ1) is 16.1. The molecule has 0 saturated heterocycles. The highest BCUT2D eigenvalue weighted by molar-refractivity contribution is 8.00. The van der Waals surface area contributed by atoms with Crippen molar-refractivity contribution < 1.29 is 8.42 Å². The minimum Gasteiger partial charge on any atom is -0.398 e. The van der Waals surface area contributed by atoms with Gasteiger partial charge in [0.25, 0.3) is 0 Å². The third-order valence-corrected chi connectivity index (χ3v) is 5.04. The SMILES string of the molecule is CC(C)=CCNS(=O)(=O)CCSc1ccccc1N. The van der Waals surface area contributed by atoms with Gasteiger partial charge in [0.15, 0.2) is 0 Å². The van der Waals surface area contributed by atoms with Crippen molar-refractivity contribution in [2.45, 2.75) is 18.7 Å². The standard InChI is InChI=1S/C13H20N2O2S2/c1-11(2)7-8-15-19(16,17)10-9-18-13-6-4-3-5-12(13)14/h3-7,15H,8-10,14H2,1-2H3. The Labute approximate surface area is 119 Å². The lowest BCUT2D eigenvalue weighted by atomic mass is 10.3. The zero-order valence-corrected chi connectivity index (χ0v) is 12.9. The summed E-state index contributed by atoms with van der Waals surface area (Å²) in [5.74, 6) is 0.570. The average molecular weight is 300 g/mol. The van der Waals surface area contributed by atoms with Crippen LogP contribution in [0.5, 0.6) is 0 Å². The van der Waals surface area contributed by atoms with E-state index in [-0.39, 0.29) is 5.75 Å². The van der Waals surface area contributed by atoms with Gasteiger partial charge in [-0.25, -0.2) is 13.1 Å². The van der Waals surface area contributed by atoms with Crippen LogP contribution in [0.15, 0.2) is 40.8 Å². The van der Waals surface area contributed by atoms with Crippen molar-refractivity contribution in [3.63, 3.8) is 0 Å². The molecule has 0 spiro atoms. The third kappa shape index (κ3) is 6.66. The molecule has 3 N–H and O–H groups in total. The summed E-state index contributed by atoms with van der Waals surface area (Å²) in [5, 5.41) is 0. The fourth-order valence-electron chi connectivity index (χ4n) is 1.32. The van der Waals surface area contributed by atoms with E-state index in [1.165, 1.54) is 11.8 Å². The second kappa shape index (κ2) is 7.57. The van der Waals surface area contributed by atoms with Gasteiger partial charge in [-0.3, -0.25) is 0 Å². The van der Waals surface area contributed by atoms with Gasteiger partial charge in [-0.15, -0.1) is 11.8 Å². The van der Waals surface area contributed by atoms with Crippen LogP contribution in [-0.4, -0.2) is 26.5 Å². The summed E-state index contributed by atoms with van der Waals surface area (Å²) < 4.78 is 25.9. The predicted molar refractivity (Wildman–Crippen MR) is 82.8 cm³/mol. The molecule has 19 heavy (non-hydrogen) atoms. The third-order valence-electron chi connectivity index (χ3n) is 2.34. The molecule has 0 heterocycles. The quantitative estimate of drug-likeness (QED) is 0.460. The van der Waals surface area contributed by atoms with E-state index in [2.05, 4.69) is 4.72 Å². The van der Waals surface area contributed by atoms with Crippen molar-refractivity contribution in [1.82, 2.24) is 4.72 Å². The Morgan fingerprint density at radius 1 is 1.37 bits per heavy atom. The molecule has 0 aliphatic carbocycles. The molecule has 0 atom stereocenters. The number of nitrogens with two attached hydrogens (primary N) is 1. The number of thioether (sulfide) groups is 1. The predicted octanol–water partition coefficient (Wildman–Crippen LogP) is 2.25. The van der Waals surface area contributed by atoms with Gasteiger partial charge in [0.05, 0.1) is 5.75 Å². The van der Waals surface area contributed by atoms with Gasteiger partial charge >= 0.3 is 0 Å². The van der Waals surface area contributed by atoms with Gasteiger partial charge in [0.1, 0.15) is 0 Å². The number of hydrogen-bond acceptors (Lipinski definition) is 4. The lowest BCUT2D eigenvalue weighted by molar-refractivity contribution is 0.587. The van der Waals surface area contributed by atoms with Crippen molar-refractivity contribution in [1.29, 1.82) is 0 Å². The van der Waals surface area contributed by atoms with Crippen LogP contribution in [0.4, 0.5) is 5.69 Å². The molecule has 0 aliphatic rings. The first-order valence-corrected chi connectivity index (χ1v) is 8.62. The Kier molecular flexibility index (Phi) is 6.41. The summed E-state index contributed by atoms with van der Waals surface area (Å²) in [6.07, 6.45) is 1.85. The molecule has 4 nitrogen and oxygen atoms in total. The van der Waals surface area contributed by atoms with Crippen LogP contribution < -0.4 is 10.5 Å². The Bertz CT molecular complexity index is 535. The monoisotopic (exact) mass is 300 g/mol. The van der Waals surface area contributed by atoms with E-state index in [1.54, 1.807) is 0 Å². The molecule has 106 valence electrons. The number of anilines is 1. The second-order valence-corrected chi connectivity index (χ2v) is 7.40. The zero-order chi connectivity index (χ0) is 14.3. The van der Waals surface area contributed by atoms with Crippen LogP contribution in [0.3, 0.4) is 0 Å². The Morgan fingerprint density at radius 3 is 2.68 bits per heavy atom. The molecule has 0 amide bonds. The van der Waals surface area contributed by atoms with Crippen molar-refractivity contribution >= 4 is 27.5 Å². The van der Waals surface area contributed by atoms with Crippen LogP contribution in [0.1, 0.15) is 13.8 Å². The van der Waals surface area contributed by atoms with Crippen LogP contribution in [0.25, 0.3) is 0 Å². The number of hydrogen-bond donors (Lipinski definition) is 2. The molecular weight excluding hydrogens is 280 g/mol. The number of benzene rings is 1. The maximum atomic E-state index is 11.7. The summed E-state index contributed by atoms with van der Waals surface area (Å²) in [6.45, 7) is 4.22. The smallest absolute Gasteiger partial charge is 0.212 e. The molecule has 0 fully saturated rings. The lowest BCUT2D eigenvalue weighted by Crippen LogP contribution is -2.27. The summed E-state index contributed by atoms with van der Waals surface area (Å²) in [7, 11) is -3.22. The van der Waals surface area contributed by atoms with Crippen molar-refractivity contribution in [3.05, 3.63) is 35.9 Å². The molecule has 0 unspecified atom stereocenters. The zero-order valence-electron chi connectivity index (χ0n) is 11.2. The van der Waals surface area contributed by atoms with Crippen molar-refractivity contribution in [3.8, 4) is 0 Å². The molecule has 1 rings (SSSR count). The number of allylic oxidation sites excluding steroid dienone is 1. The second-order valence-electron chi connectivity index (χ2n) is 4.34.